The quantitative estimate of drug-likeness (QED) is 0.751. The summed E-state index contributed by atoms with van der Waals surface area (Å²) in [5.41, 5.74) is 0. The van der Waals surface area contributed by atoms with Gasteiger partial charge in [-0.3, -0.25) is 5.32 Å². The van der Waals surface area contributed by atoms with E-state index in [-0.39, 0.29) is 6.04 Å². The van der Waals surface area contributed by atoms with Gasteiger partial charge < -0.3 is 4.42 Å². The summed E-state index contributed by atoms with van der Waals surface area (Å²) in [4.78, 5) is 3.99. The number of aromatic nitrogens is 1. The molecule has 0 aliphatic carbocycles. The summed E-state index contributed by atoms with van der Waals surface area (Å²) in [6.07, 6.45) is 3.97. The van der Waals surface area contributed by atoms with E-state index in [9.17, 15) is 0 Å². The SMILES string of the molecule is CC(C)NC(C#N)CCSc1ncco1. The molecule has 5 heteroatoms. The Morgan fingerprint density at radius 2 is 2.47 bits per heavy atom. The summed E-state index contributed by atoms with van der Waals surface area (Å²) >= 11 is 1.53. The van der Waals surface area contributed by atoms with Crippen molar-refractivity contribution in [2.45, 2.75) is 37.6 Å². The van der Waals surface area contributed by atoms with Crippen molar-refractivity contribution in [2.75, 3.05) is 5.75 Å². The van der Waals surface area contributed by atoms with Gasteiger partial charge in [0.1, 0.15) is 6.26 Å². The second kappa shape index (κ2) is 6.49. The molecule has 1 rings (SSSR count). The smallest absolute Gasteiger partial charge is 0.255 e. The Kier molecular flexibility index (Phi) is 5.22. The average molecular weight is 225 g/mol. The minimum Gasteiger partial charge on any atom is -0.440 e. The van der Waals surface area contributed by atoms with Crippen molar-refractivity contribution in [3.8, 4) is 6.07 Å². The number of nitrogens with one attached hydrogen (secondary N) is 1. The maximum atomic E-state index is 8.87. The van der Waals surface area contributed by atoms with Crippen LogP contribution < -0.4 is 5.32 Å². The minimum atomic E-state index is -0.0903. The summed E-state index contributed by atoms with van der Waals surface area (Å²) in [5, 5.41) is 12.7. The second-order valence-electron chi connectivity index (χ2n) is 3.44. The van der Waals surface area contributed by atoms with E-state index >= 15 is 0 Å². The van der Waals surface area contributed by atoms with Crippen LogP contribution in [0.4, 0.5) is 0 Å². The highest BCUT2D eigenvalue weighted by Gasteiger charge is 2.09. The first-order chi connectivity index (χ1) is 7.22. The van der Waals surface area contributed by atoms with Crippen LogP contribution in [0.25, 0.3) is 0 Å². The standard InChI is InChI=1S/C10H15N3OS/c1-8(2)13-9(7-11)3-6-15-10-12-4-5-14-10/h4-5,8-9,13H,3,6H2,1-2H3. The Morgan fingerprint density at radius 1 is 1.67 bits per heavy atom. The molecule has 1 aromatic heterocycles. The van der Waals surface area contributed by atoms with Gasteiger partial charge in [-0.25, -0.2) is 4.98 Å². The molecule has 82 valence electrons. The zero-order valence-electron chi connectivity index (χ0n) is 8.93. The van der Waals surface area contributed by atoms with Gasteiger partial charge in [0.05, 0.1) is 18.3 Å². The van der Waals surface area contributed by atoms with E-state index in [1.165, 1.54) is 11.8 Å². The fourth-order valence-electron chi connectivity index (χ4n) is 1.13. The lowest BCUT2D eigenvalue weighted by Gasteiger charge is -2.13. The lowest BCUT2D eigenvalue weighted by atomic mass is 10.2. The van der Waals surface area contributed by atoms with Crippen molar-refractivity contribution < 1.29 is 4.42 Å². The summed E-state index contributed by atoms with van der Waals surface area (Å²) < 4.78 is 5.08. The highest BCUT2D eigenvalue weighted by molar-refractivity contribution is 7.99. The molecule has 0 aliphatic rings. The minimum absolute atomic E-state index is 0.0903. The molecule has 0 radical (unpaired) electrons. The highest BCUT2D eigenvalue weighted by Crippen LogP contribution is 2.16. The molecule has 1 atom stereocenters. The van der Waals surface area contributed by atoms with Gasteiger partial charge in [0, 0.05) is 11.8 Å². The second-order valence-corrected chi connectivity index (χ2v) is 4.48. The number of oxazole rings is 1. The number of nitrogens with zero attached hydrogens (tertiary/aromatic N) is 2. The third-order valence-electron chi connectivity index (χ3n) is 1.73. The Morgan fingerprint density at radius 3 is 3.00 bits per heavy atom. The lowest BCUT2D eigenvalue weighted by molar-refractivity contribution is 0.453. The van der Waals surface area contributed by atoms with Crippen LogP contribution >= 0.6 is 11.8 Å². The van der Waals surface area contributed by atoms with Crippen molar-refractivity contribution in [2.24, 2.45) is 0 Å². The van der Waals surface area contributed by atoms with Gasteiger partial charge in [0.15, 0.2) is 0 Å². The first kappa shape index (κ1) is 12.1. The monoisotopic (exact) mass is 225 g/mol. The topological polar surface area (TPSA) is 61.9 Å². The van der Waals surface area contributed by atoms with Gasteiger partial charge >= 0.3 is 0 Å². The molecule has 0 saturated heterocycles. The normalized spacial score (nSPS) is 12.7. The lowest BCUT2D eigenvalue weighted by Crippen LogP contribution is -2.33. The van der Waals surface area contributed by atoms with E-state index in [4.69, 9.17) is 9.68 Å². The van der Waals surface area contributed by atoms with Gasteiger partial charge in [-0.1, -0.05) is 11.8 Å². The van der Waals surface area contributed by atoms with Crippen LogP contribution in [0.5, 0.6) is 0 Å². The van der Waals surface area contributed by atoms with Crippen LogP contribution in [0.15, 0.2) is 22.1 Å². The average Bonchev–Trinajstić information content (AvgIpc) is 2.68. The molecule has 0 aliphatic heterocycles. The van der Waals surface area contributed by atoms with E-state index in [1.807, 2.05) is 13.8 Å². The Labute approximate surface area is 94.1 Å². The molecule has 0 fully saturated rings. The van der Waals surface area contributed by atoms with Crippen molar-refractivity contribution in [1.29, 1.82) is 5.26 Å². The Hall–Kier alpha value is -0.990. The molecule has 4 nitrogen and oxygen atoms in total. The van der Waals surface area contributed by atoms with Gasteiger partial charge in [-0.2, -0.15) is 5.26 Å². The van der Waals surface area contributed by atoms with Crippen LogP contribution in [0.1, 0.15) is 20.3 Å². The molecular formula is C10H15N3OS. The molecule has 1 N–H and O–H groups in total. The van der Waals surface area contributed by atoms with Crippen LogP contribution in [-0.4, -0.2) is 22.8 Å². The predicted octanol–water partition coefficient (Wildman–Crippen LogP) is 2.05. The molecule has 1 heterocycles. The van der Waals surface area contributed by atoms with Crippen molar-refractivity contribution in [3.63, 3.8) is 0 Å². The molecule has 0 bridgehead atoms. The maximum absolute atomic E-state index is 8.87. The summed E-state index contributed by atoms with van der Waals surface area (Å²) in [6, 6.07) is 2.48. The molecule has 1 aromatic rings. The number of hydrogen-bond acceptors (Lipinski definition) is 5. The van der Waals surface area contributed by atoms with Crippen molar-refractivity contribution in [3.05, 3.63) is 12.5 Å². The van der Waals surface area contributed by atoms with Crippen LogP contribution in [-0.2, 0) is 0 Å². The van der Waals surface area contributed by atoms with Gasteiger partial charge in [0.25, 0.3) is 5.22 Å². The van der Waals surface area contributed by atoms with Crippen molar-refractivity contribution >= 4 is 11.8 Å². The molecule has 0 spiro atoms. The van der Waals surface area contributed by atoms with E-state index in [0.717, 1.165) is 12.2 Å². The predicted molar refractivity (Wildman–Crippen MR) is 59.5 cm³/mol. The largest absolute Gasteiger partial charge is 0.440 e. The molecule has 0 aromatic carbocycles. The molecular weight excluding hydrogens is 210 g/mol. The van der Waals surface area contributed by atoms with Crippen LogP contribution in [0, 0.1) is 11.3 Å². The Balaban J connectivity index is 2.21. The number of thioether (sulfide) groups is 1. The highest BCUT2D eigenvalue weighted by atomic mass is 32.2. The third kappa shape index (κ3) is 4.86. The summed E-state index contributed by atoms with van der Waals surface area (Å²) in [6.45, 7) is 4.07. The summed E-state index contributed by atoms with van der Waals surface area (Å²) in [7, 11) is 0. The fraction of sp³-hybridized carbons (Fsp3) is 0.600. The first-order valence-corrected chi connectivity index (χ1v) is 5.89. The third-order valence-corrected chi connectivity index (χ3v) is 2.62. The molecule has 1 unspecified atom stereocenters. The Bertz CT molecular complexity index is 305. The zero-order valence-corrected chi connectivity index (χ0v) is 9.75. The maximum Gasteiger partial charge on any atom is 0.255 e. The van der Waals surface area contributed by atoms with E-state index in [0.29, 0.717) is 11.3 Å². The van der Waals surface area contributed by atoms with Gasteiger partial charge in [-0.05, 0) is 20.3 Å². The zero-order chi connectivity index (χ0) is 11.1. The van der Waals surface area contributed by atoms with Gasteiger partial charge in [0.2, 0.25) is 0 Å². The van der Waals surface area contributed by atoms with Crippen LogP contribution in [0.3, 0.4) is 0 Å². The van der Waals surface area contributed by atoms with E-state index in [2.05, 4.69) is 16.4 Å². The first-order valence-electron chi connectivity index (χ1n) is 4.90. The number of rotatable bonds is 6. The van der Waals surface area contributed by atoms with E-state index < -0.39 is 0 Å². The van der Waals surface area contributed by atoms with E-state index in [1.54, 1.807) is 12.5 Å². The number of nitriles is 1. The summed E-state index contributed by atoms with van der Waals surface area (Å²) in [5.74, 6) is 0.832. The fourth-order valence-corrected chi connectivity index (χ4v) is 1.92. The molecule has 0 saturated carbocycles. The molecule has 15 heavy (non-hydrogen) atoms. The number of hydrogen-bond donors (Lipinski definition) is 1. The van der Waals surface area contributed by atoms with Crippen molar-refractivity contribution in [1.82, 2.24) is 10.3 Å². The molecule has 0 amide bonds. The van der Waals surface area contributed by atoms with Gasteiger partial charge in [-0.15, -0.1) is 0 Å². The van der Waals surface area contributed by atoms with Crippen LogP contribution in [0.2, 0.25) is 0 Å².